The molecule has 1 atom stereocenters. The monoisotopic (exact) mass is 230 g/mol. The largest absolute Gasteiger partial charge is 0.327 e. The molecular weight excluding hydrogens is 208 g/mol. The Balaban J connectivity index is 2.49. The molecule has 15 heavy (non-hydrogen) atoms. The number of hydrogen-bond acceptors (Lipinski definition) is 3. The summed E-state index contributed by atoms with van der Waals surface area (Å²) >= 11 is 1.81. The number of nitrogens with zero attached hydrogens (tertiary/aromatic N) is 1. The van der Waals surface area contributed by atoms with Crippen LogP contribution in [0.15, 0.2) is 0 Å². The maximum atomic E-state index is 11.9. The number of hydrogen-bond donors (Lipinski definition) is 1. The zero-order valence-corrected chi connectivity index (χ0v) is 11.0. The highest BCUT2D eigenvalue weighted by atomic mass is 32.2. The number of amides is 1. The van der Waals surface area contributed by atoms with Crippen LogP contribution in [0.2, 0.25) is 0 Å². The van der Waals surface area contributed by atoms with Crippen LogP contribution in [0, 0.1) is 0 Å². The number of thioether (sulfide) groups is 1. The van der Waals surface area contributed by atoms with Crippen molar-refractivity contribution in [3.8, 4) is 0 Å². The van der Waals surface area contributed by atoms with Crippen molar-refractivity contribution in [3.63, 3.8) is 0 Å². The number of carbonyl (C=O) groups is 1. The third-order valence-electron chi connectivity index (χ3n) is 2.84. The van der Waals surface area contributed by atoms with Crippen LogP contribution in [-0.4, -0.2) is 41.1 Å². The van der Waals surface area contributed by atoms with Gasteiger partial charge in [-0.25, -0.2) is 0 Å². The van der Waals surface area contributed by atoms with Gasteiger partial charge in [-0.2, -0.15) is 11.8 Å². The Labute approximate surface area is 97.0 Å². The maximum Gasteiger partial charge on any atom is 0.240 e. The average Bonchev–Trinajstić information content (AvgIpc) is 2.50. The molecule has 0 radical (unpaired) electrons. The van der Waals surface area contributed by atoms with Gasteiger partial charge in [0.2, 0.25) is 5.91 Å². The second-order valence-corrected chi connectivity index (χ2v) is 6.22. The van der Waals surface area contributed by atoms with Crippen molar-refractivity contribution in [1.29, 1.82) is 0 Å². The maximum absolute atomic E-state index is 11.9. The molecule has 1 saturated heterocycles. The molecule has 0 saturated carbocycles. The van der Waals surface area contributed by atoms with Crippen molar-refractivity contribution < 1.29 is 4.79 Å². The summed E-state index contributed by atoms with van der Waals surface area (Å²) in [5, 5.41) is 3.27. The highest BCUT2D eigenvalue weighted by Crippen LogP contribution is 2.23. The van der Waals surface area contributed by atoms with E-state index in [1.165, 1.54) is 0 Å². The fraction of sp³-hybridized carbons (Fsp3) is 0.909. The van der Waals surface area contributed by atoms with Crippen LogP contribution in [0.1, 0.15) is 33.6 Å². The van der Waals surface area contributed by atoms with Gasteiger partial charge in [0.1, 0.15) is 0 Å². The van der Waals surface area contributed by atoms with Crippen molar-refractivity contribution in [2.45, 2.75) is 44.4 Å². The minimum atomic E-state index is 0.0626. The van der Waals surface area contributed by atoms with Crippen LogP contribution in [0.3, 0.4) is 0 Å². The predicted octanol–water partition coefficient (Wildman–Crippen LogP) is 1.69. The number of rotatable bonds is 5. The third-order valence-corrected chi connectivity index (χ3v) is 4.07. The molecule has 0 aliphatic carbocycles. The van der Waals surface area contributed by atoms with Gasteiger partial charge >= 0.3 is 0 Å². The molecule has 4 heteroatoms. The summed E-state index contributed by atoms with van der Waals surface area (Å²) in [6.45, 7) is 8.02. The van der Waals surface area contributed by atoms with Gasteiger partial charge in [0.25, 0.3) is 0 Å². The molecule has 0 aromatic carbocycles. The Kier molecular flexibility index (Phi) is 4.46. The lowest BCUT2D eigenvalue weighted by atomic mass is 10.1. The van der Waals surface area contributed by atoms with Crippen molar-refractivity contribution in [2.75, 3.05) is 19.5 Å². The first kappa shape index (κ1) is 12.8. The summed E-state index contributed by atoms with van der Waals surface area (Å²) in [5.41, 5.74) is 0. The van der Waals surface area contributed by atoms with Gasteiger partial charge in [-0.05, 0) is 26.5 Å². The molecule has 0 aromatic heterocycles. The molecule has 1 fully saturated rings. The van der Waals surface area contributed by atoms with Crippen LogP contribution in [-0.2, 0) is 4.79 Å². The molecule has 88 valence electrons. The Morgan fingerprint density at radius 2 is 2.27 bits per heavy atom. The van der Waals surface area contributed by atoms with E-state index in [-0.39, 0.29) is 16.7 Å². The van der Waals surface area contributed by atoms with Crippen LogP contribution in [0.4, 0.5) is 0 Å². The zero-order valence-electron chi connectivity index (χ0n) is 10.2. The molecular formula is C11H22N2OS. The van der Waals surface area contributed by atoms with E-state index in [2.05, 4.69) is 32.3 Å². The summed E-state index contributed by atoms with van der Waals surface area (Å²) in [6.07, 6.45) is 4.11. The second-order valence-electron chi connectivity index (χ2n) is 4.70. The predicted molar refractivity (Wildman–Crippen MR) is 66.0 cm³/mol. The van der Waals surface area contributed by atoms with Crippen LogP contribution in [0.5, 0.6) is 0 Å². The van der Waals surface area contributed by atoms with E-state index in [0.29, 0.717) is 6.67 Å². The number of nitrogens with one attached hydrogen (secondary N) is 1. The van der Waals surface area contributed by atoms with E-state index in [1.807, 2.05) is 16.7 Å². The van der Waals surface area contributed by atoms with E-state index in [1.54, 1.807) is 0 Å². The van der Waals surface area contributed by atoms with Crippen molar-refractivity contribution in [2.24, 2.45) is 0 Å². The van der Waals surface area contributed by atoms with Crippen molar-refractivity contribution in [3.05, 3.63) is 0 Å². The first-order valence-electron chi connectivity index (χ1n) is 5.57. The lowest BCUT2D eigenvalue weighted by molar-refractivity contribution is -0.129. The smallest absolute Gasteiger partial charge is 0.240 e. The Morgan fingerprint density at radius 3 is 2.80 bits per heavy atom. The molecule has 1 aliphatic rings. The molecule has 0 spiro atoms. The van der Waals surface area contributed by atoms with Gasteiger partial charge in [0.05, 0.1) is 12.7 Å². The normalized spacial score (nSPS) is 22.5. The molecule has 0 aromatic rings. The minimum Gasteiger partial charge on any atom is -0.327 e. The van der Waals surface area contributed by atoms with E-state index in [4.69, 9.17) is 0 Å². The highest BCUT2D eigenvalue weighted by Gasteiger charge is 2.33. The van der Waals surface area contributed by atoms with Crippen LogP contribution < -0.4 is 5.32 Å². The molecule has 1 aliphatic heterocycles. The van der Waals surface area contributed by atoms with E-state index >= 15 is 0 Å². The highest BCUT2D eigenvalue weighted by molar-refractivity contribution is 7.99. The van der Waals surface area contributed by atoms with Crippen LogP contribution in [0.25, 0.3) is 0 Å². The molecule has 1 unspecified atom stereocenters. The summed E-state index contributed by atoms with van der Waals surface area (Å²) in [4.78, 5) is 13.9. The summed E-state index contributed by atoms with van der Waals surface area (Å²) in [7, 11) is 0. The Bertz CT molecular complexity index is 231. The first-order valence-corrected chi connectivity index (χ1v) is 6.80. The van der Waals surface area contributed by atoms with Crippen molar-refractivity contribution in [1.82, 2.24) is 10.2 Å². The van der Waals surface area contributed by atoms with Crippen molar-refractivity contribution >= 4 is 17.7 Å². The zero-order chi connectivity index (χ0) is 11.5. The van der Waals surface area contributed by atoms with Gasteiger partial charge in [-0.1, -0.05) is 13.3 Å². The summed E-state index contributed by atoms with van der Waals surface area (Å²) in [6, 6.07) is 0.0626. The van der Waals surface area contributed by atoms with E-state index in [9.17, 15) is 4.79 Å². The van der Waals surface area contributed by atoms with Gasteiger partial charge in [-0.15, -0.1) is 0 Å². The third kappa shape index (κ3) is 3.38. The van der Waals surface area contributed by atoms with Gasteiger partial charge < -0.3 is 4.90 Å². The second kappa shape index (κ2) is 5.21. The average molecular weight is 230 g/mol. The quantitative estimate of drug-likeness (QED) is 0.780. The fourth-order valence-corrected chi connectivity index (χ4v) is 2.06. The number of carbonyl (C=O) groups excluding carboxylic acids is 1. The van der Waals surface area contributed by atoms with Gasteiger partial charge in [0.15, 0.2) is 0 Å². The van der Waals surface area contributed by atoms with E-state index in [0.717, 1.165) is 19.4 Å². The molecule has 1 rings (SSSR count). The topological polar surface area (TPSA) is 32.3 Å². The summed E-state index contributed by atoms with van der Waals surface area (Å²) < 4.78 is 0.151. The van der Waals surface area contributed by atoms with Crippen LogP contribution >= 0.6 is 11.8 Å². The minimum absolute atomic E-state index is 0.0626. The molecule has 1 N–H and O–H groups in total. The van der Waals surface area contributed by atoms with Gasteiger partial charge in [-0.3, -0.25) is 10.1 Å². The Hall–Kier alpha value is -0.220. The fourth-order valence-electron chi connectivity index (χ4n) is 1.78. The summed E-state index contributed by atoms with van der Waals surface area (Å²) in [5.74, 6) is 0.277. The lowest BCUT2D eigenvalue weighted by Gasteiger charge is -2.28. The standard InChI is InChI=1S/C11H22N2OS/c1-5-6-9-10(14)13(8-12-9)7-11(2,3)15-4/h9,12H,5-8H2,1-4H3. The van der Waals surface area contributed by atoms with Gasteiger partial charge in [0, 0.05) is 11.3 Å². The molecule has 3 nitrogen and oxygen atoms in total. The SMILES string of the molecule is CCCC1NCN(CC(C)(C)SC)C1=O. The lowest BCUT2D eigenvalue weighted by Crippen LogP contribution is -2.39. The first-order chi connectivity index (χ1) is 7.00. The Morgan fingerprint density at radius 1 is 1.60 bits per heavy atom. The van der Waals surface area contributed by atoms with E-state index < -0.39 is 0 Å². The molecule has 1 amide bonds. The molecule has 0 bridgehead atoms. The molecule has 1 heterocycles.